The number of likely N-dealkylation sites (tertiary alicyclic amines) is 1. The normalized spacial score (nSPS) is 28.1. The quantitative estimate of drug-likeness (QED) is 0.754. The topological polar surface area (TPSA) is 3.24 Å². The summed E-state index contributed by atoms with van der Waals surface area (Å²) in [4.78, 5) is 2.71. The van der Waals surface area contributed by atoms with Gasteiger partial charge in [-0.2, -0.15) is 0 Å². The van der Waals surface area contributed by atoms with Gasteiger partial charge in [-0.1, -0.05) is 40.2 Å². The van der Waals surface area contributed by atoms with Crippen LogP contribution in [0.1, 0.15) is 42.7 Å². The van der Waals surface area contributed by atoms with Gasteiger partial charge in [0.05, 0.1) is 0 Å². The molecule has 2 heteroatoms. The van der Waals surface area contributed by atoms with Crippen LogP contribution in [0.4, 0.5) is 0 Å². The second kappa shape index (κ2) is 6.41. The molecule has 0 radical (unpaired) electrons. The Morgan fingerprint density at radius 2 is 2.05 bits per heavy atom. The van der Waals surface area contributed by atoms with E-state index in [0.717, 1.165) is 11.8 Å². The highest BCUT2D eigenvalue weighted by Gasteiger charge is 2.25. The Labute approximate surface area is 125 Å². The molecule has 2 atom stereocenters. The molecule has 0 aromatic heterocycles. The van der Waals surface area contributed by atoms with Crippen LogP contribution >= 0.6 is 15.9 Å². The van der Waals surface area contributed by atoms with E-state index in [2.05, 4.69) is 45.1 Å². The summed E-state index contributed by atoms with van der Waals surface area (Å²) in [5.74, 6) is 1.65. The fraction of sp³-hybridized carbons (Fsp3) is 0.647. The monoisotopic (exact) mass is 321 g/mol. The zero-order chi connectivity index (χ0) is 13.1. The number of alkyl halides is 1. The first-order valence-electron chi connectivity index (χ1n) is 7.73. The molecule has 1 aromatic carbocycles. The van der Waals surface area contributed by atoms with Crippen molar-refractivity contribution in [3.8, 4) is 0 Å². The Morgan fingerprint density at radius 3 is 2.95 bits per heavy atom. The van der Waals surface area contributed by atoms with Gasteiger partial charge in [0.25, 0.3) is 0 Å². The molecule has 3 rings (SSSR count). The van der Waals surface area contributed by atoms with E-state index in [0.29, 0.717) is 0 Å². The van der Waals surface area contributed by atoms with Gasteiger partial charge in [-0.05, 0) is 61.6 Å². The number of hydrogen-bond acceptors (Lipinski definition) is 1. The minimum absolute atomic E-state index is 0.777. The minimum atomic E-state index is 0.777. The van der Waals surface area contributed by atoms with E-state index in [9.17, 15) is 0 Å². The molecule has 0 amide bonds. The van der Waals surface area contributed by atoms with Crippen molar-refractivity contribution in [2.75, 3.05) is 25.0 Å². The van der Waals surface area contributed by atoms with Crippen molar-refractivity contribution < 1.29 is 0 Å². The summed E-state index contributed by atoms with van der Waals surface area (Å²) < 4.78 is 0. The van der Waals surface area contributed by atoms with Crippen molar-refractivity contribution in [2.45, 2.75) is 38.0 Å². The third-order valence-corrected chi connectivity index (χ3v) is 5.71. The third kappa shape index (κ3) is 3.22. The molecule has 2 aliphatic rings. The fourth-order valence-electron chi connectivity index (χ4n) is 3.80. The summed E-state index contributed by atoms with van der Waals surface area (Å²) in [7, 11) is 0. The van der Waals surface area contributed by atoms with Crippen LogP contribution in [0, 0.1) is 5.92 Å². The summed E-state index contributed by atoms with van der Waals surface area (Å²) in [6.45, 7) is 3.88. The Hall–Kier alpha value is -0.340. The zero-order valence-electron chi connectivity index (χ0n) is 11.7. The average Bonchev–Trinajstić information content (AvgIpc) is 2.48. The molecule has 1 nitrogen and oxygen atoms in total. The van der Waals surface area contributed by atoms with Crippen LogP contribution in [-0.4, -0.2) is 29.9 Å². The fourth-order valence-corrected chi connectivity index (χ4v) is 4.33. The molecule has 104 valence electrons. The first-order valence-corrected chi connectivity index (χ1v) is 8.85. The van der Waals surface area contributed by atoms with E-state index >= 15 is 0 Å². The van der Waals surface area contributed by atoms with Gasteiger partial charge < -0.3 is 4.90 Å². The minimum Gasteiger partial charge on any atom is -0.302 e. The van der Waals surface area contributed by atoms with Crippen LogP contribution in [0.25, 0.3) is 0 Å². The number of piperidine rings is 1. The highest BCUT2D eigenvalue weighted by atomic mass is 79.9. The predicted octanol–water partition coefficient (Wildman–Crippen LogP) is 4.21. The molecule has 0 N–H and O–H groups in total. The van der Waals surface area contributed by atoms with Crippen molar-refractivity contribution in [2.24, 2.45) is 5.92 Å². The van der Waals surface area contributed by atoms with Crippen LogP contribution in [0.5, 0.6) is 0 Å². The predicted molar refractivity (Wildman–Crippen MR) is 85.1 cm³/mol. The number of benzene rings is 1. The third-order valence-electron chi connectivity index (χ3n) is 4.79. The molecule has 0 saturated carbocycles. The first-order chi connectivity index (χ1) is 9.36. The second-order valence-corrected chi connectivity index (χ2v) is 6.86. The lowest BCUT2D eigenvalue weighted by Crippen LogP contribution is -2.39. The average molecular weight is 322 g/mol. The van der Waals surface area contributed by atoms with Crippen LogP contribution < -0.4 is 0 Å². The van der Waals surface area contributed by atoms with Crippen molar-refractivity contribution in [1.29, 1.82) is 0 Å². The van der Waals surface area contributed by atoms with Crippen molar-refractivity contribution in [3.05, 3.63) is 35.4 Å². The molecule has 1 aromatic rings. The number of fused-ring (bicyclic) bond motifs is 1. The lowest BCUT2D eigenvalue weighted by molar-refractivity contribution is 0.172. The molecule has 0 spiro atoms. The van der Waals surface area contributed by atoms with E-state index in [4.69, 9.17) is 0 Å². The summed E-state index contributed by atoms with van der Waals surface area (Å²) in [6, 6.07) is 9.11. The number of hydrogen-bond donors (Lipinski definition) is 0. The molecule has 1 aliphatic carbocycles. The van der Waals surface area contributed by atoms with Crippen LogP contribution in [-0.2, 0) is 6.42 Å². The van der Waals surface area contributed by atoms with Crippen LogP contribution in [0.2, 0.25) is 0 Å². The van der Waals surface area contributed by atoms with Gasteiger partial charge in [0.15, 0.2) is 0 Å². The standard InChI is InChI=1S/C17H24BrN/c18-11-14-5-4-10-19(12-14)13-16-8-3-7-15-6-1-2-9-17(15)16/h1-2,6,9,14,16H,3-5,7-8,10-13H2. The maximum absolute atomic E-state index is 3.66. The number of halogens is 1. The van der Waals surface area contributed by atoms with E-state index < -0.39 is 0 Å². The van der Waals surface area contributed by atoms with Crippen LogP contribution in [0.15, 0.2) is 24.3 Å². The maximum atomic E-state index is 3.66. The highest BCUT2D eigenvalue weighted by Crippen LogP contribution is 2.33. The lowest BCUT2D eigenvalue weighted by atomic mass is 9.82. The Balaban J connectivity index is 1.67. The molecule has 1 fully saturated rings. The smallest absolute Gasteiger partial charge is 0.00718 e. The van der Waals surface area contributed by atoms with Crippen molar-refractivity contribution in [1.82, 2.24) is 4.90 Å². The molecule has 1 aliphatic heterocycles. The van der Waals surface area contributed by atoms with Gasteiger partial charge >= 0.3 is 0 Å². The Bertz CT molecular complexity index is 417. The van der Waals surface area contributed by atoms with Crippen molar-refractivity contribution in [3.63, 3.8) is 0 Å². The molecule has 2 unspecified atom stereocenters. The molecule has 19 heavy (non-hydrogen) atoms. The van der Waals surface area contributed by atoms with Gasteiger partial charge in [0.2, 0.25) is 0 Å². The van der Waals surface area contributed by atoms with Gasteiger partial charge in [0.1, 0.15) is 0 Å². The number of aryl methyl sites for hydroxylation is 1. The van der Waals surface area contributed by atoms with Gasteiger partial charge in [-0.25, -0.2) is 0 Å². The summed E-state index contributed by atoms with van der Waals surface area (Å²) in [6.07, 6.45) is 6.83. The number of rotatable bonds is 3. The van der Waals surface area contributed by atoms with E-state index in [1.165, 1.54) is 57.1 Å². The van der Waals surface area contributed by atoms with E-state index in [-0.39, 0.29) is 0 Å². The van der Waals surface area contributed by atoms with Gasteiger partial charge in [-0.3, -0.25) is 0 Å². The second-order valence-electron chi connectivity index (χ2n) is 6.21. The van der Waals surface area contributed by atoms with E-state index in [1.54, 1.807) is 11.1 Å². The van der Waals surface area contributed by atoms with Gasteiger partial charge in [-0.15, -0.1) is 0 Å². The zero-order valence-corrected chi connectivity index (χ0v) is 13.2. The molecular weight excluding hydrogens is 298 g/mol. The van der Waals surface area contributed by atoms with Gasteiger partial charge in [0, 0.05) is 18.4 Å². The summed E-state index contributed by atoms with van der Waals surface area (Å²) in [5, 5.41) is 1.17. The Kier molecular flexibility index (Phi) is 4.60. The highest BCUT2D eigenvalue weighted by molar-refractivity contribution is 9.09. The SMILES string of the molecule is BrCC1CCCN(CC2CCCc3ccccc32)C1. The molecule has 1 heterocycles. The lowest BCUT2D eigenvalue weighted by Gasteiger charge is -2.36. The Morgan fingerprint density at radius 1 is 1.16 bits per heavy atom. The largest absolute Gasteiger partial charge is 0.302 e. The van der Waals surface area contributed by atoms with Crippen molar-refractivity contribution >= 4 is 15.9 Å². The molecule has 0 bridgehead atoms. The van der Waals surface area contributed by atoms with E-state index in [1.807, 2.05) is 0 Å². The molecule has 1 saturated heterocycles. The molecular formula is C17H24BrN. The summed E-state index contributed by atoms with van der Waals surface area (Å²) >= 11 is 3.66. The maximum Gasteiger partial charge on any atom is 0.00718 e. The first kappa shape index (κ1) is 13.6. The summed E-state index contributed by atoms with van der Waals surface area (Å²) in [5.41, 5.74) is 3.24. The number of nitrogens with zero attached hydrogens (tertiary/aromatic N) is 1. The van der Waals surface area contributed by atoms with Crippen LogP contribution in [0.3, 0.4) is 0 Å².